The van der Waals surface area contributed by atoms with Gasteiger partial charge < -0.3 is 24.4 Å². The number of fused-ring (bicyclic) bond motifs is 1. The van der Waals surface area contributed by atoms with Crippen molar-refractivity contribution in [1.82, 2.24) is 0 Å². The van der Waals surface area contributed by atoms with E-state index < -0.39 is 17.9 Å². The number of hydrogen-bond donors (Lipinski definition) is 2. The number of phenolic OH excluding ortho intramolecular Hbond substituents is 1. The zero-order valence-corrected chi connectivity index (χ0v) is 18.7. The average Bonchev–Trinajstić information content (AvgIpc) is 3.11. The lowest BCUT2D eigenvalue weighted by atomic mass is 9.94. The lowest BCUT2D eigenvalue weighted by Gasteiger charge is -2.21. The molecule has 3 rings (SSSR count). The van der Waals surface area contributed by atoms with Crippen molar-refractivity contribution in [3.05, 3.63) is 59.1 Å². The van der Waals surface area contributed by atoms with E-state index in [1.165, 1.54) is 12.1 Å². The van der Waals surface area contributed by atoms with Crippen LogP contribution in [-0.4, -0.2) is 34.8 Å². The lowest BCUT2D eigenvalue weighted by Crippen LogP contribution is -2.42. The largest absolute Gasteiger partial charge is 0.573 e. The van der Waals surface area contributed by atoms with Crippen LogP contribution >= 0.6 is 11.6 Å². The van der Waals surface area contributed by atoms with Crippen LogP contribution in [0, 0.1) is 0 Å². The molecule has 0 amide bonds. The third-order valence-electron chi connectivity index (χ3n) is 4.70. The van der Waals surface area contributed by atoms with Gasteiger partial charge in [-0.1, -0.05) is 30.7 Å². The van der Waals surface area contributed by atoms with Crippen molar-refractivity contribution in [3.8, 4) is 23.0 Å². The van der Waals surface area contributed by atoms with Crippen LogP contribution in [0.1, 0.15) is 32.3 Å². The summed E-state index contributed by atoms with van der Waals surface area (Å²) in [5.74, 6) is -0.309. The number of aliphatic carboxylic acids is 1. The van der Waals surface area contributed by atoms with E-state index in [-0.39, 0.29) is 16.5 Å². The van der Waals surface area contributed by atoms with Gasteiger partial charge in [-0.15, -0.1) is 13.2 Å². The van der Waals surface area contributed by atoms with Gasteiger partial charge in [-0.25, -0.2) is 4.79 Å². The number of carbonyl (C=O) groups is 1. The fourth-order valence-electron chi connectivity index (χ4n) is 3.02. The van der Waals surface area contributed by atoms with Crippen LogP contribution in [0.5, 0.6) is 23.0 Å². The molecule has 0 unspecified atom stereocenters. The van der Waals surface area contributed by atoms with Gasteiger partial charge in [0, 0.05) is 18.1 Å². The number of carboxylic acid groups (broad SMARTS) is 1. The maximum Gasteiger partial charge on any atom is 0.573 e. The summed E-state index contributed by atoms with van der Waals surface area (Å²) >= 11 is 5.78. The lowest BCUT2D eigenvalue weighted by molar-refractivity contribution is -0.274. The Labute approximate surface area is 194 Å². The second-order valence-electron chi connectivity index (χ2n) is 7.07. The summed E-state index contributed by atoms with van der Waals surface area (Å²) in [6.45, 7) is 4.07. The minimum absolute atomic E-state index is 0.0808. The predicted molar refractivity (Wildman–Crippen MR) is 116 cm³/mol. The molecule has 180 valence electrons. The molecule has 1 heterocycles. The van der Waals surface area contributed by atoms with Crippen LogP contribution in [0.2, 0.25) is 5.02 Å². The molecule has 0 bridgehead atoms. The van der Waals surface area contributed by atoms with Crippen molar-refractivity contribution >= 4 is 17.6 Å². The minimum Gasteiger partial charge on any atom is -0.508 e. The van der Waals surface area contributed by atoms with Crippen molar-refractivity contribution in [2.75, 3.05) is 6.61 Å². The van der Waals surface area contributed by atoms with Crippen molar-refractivity contribution in [2.24, 2.45) is 0 Å². The standard InChI is InChI=1S/C12H12ClF3O2.C11H12O4/c1-2-3-4-7-17-11-6-5-9(8-10(11)13)18-12(14,15)16;1-2-11(10(13)14)6-7-5-8(12)3-4-9(7)15-11/h2-3,5-6,8H,4,7H2,1H3;3-5,12H,2,6H2,1H3,(H,13,14)/t;11-/m.0/s1. The van der Waals surface area contributed by atoms with E-state index in [2.05, 4.69) is 4.74 Å². The number of halogens is 4. The van der Waals surface area contributed by atoms with Crippen molar-refractivity contribution < 1.29 is 42.4 Å². The number of aromatic hydroxyl groups is 1. The number of rotatable bonds is 7. The quantitative estimate of drug-likeness (QED) is 0.359. The van der Waals surface area contributed by atoms with E-state index in [4.69, 9.17) is 26.2 Å². The Morgan fingerprint density at radius 1 is 1.27 bits per heavy atom. The number of benzene rings is 2. The maximum atomic E-state index is 12.0. The highest BCUT2D eigenvalue weighted by Crippen LogP contribution is 2.38. The summed E-state index contributed by atoms with van der Waals surface area (Å²) in [5, 5.41) is 18.5. The Kier molecular flexibility index (Phi) is 8.87. The van der Waals surface area contributed by atoms with Crippen LogP contribution in [0.15, 0.2) is 48.6 Å². The smallest absolute Gasteiger partial charge is 0.508 e. The first kappa shape index (κ1) is 26.2. The topological polar surface area (TPSA) is 85.2 Å². The molecule has 2 aromatic carbocycles. The maximum absolute atomic E-state index is 12.0. The van der Waals surface area contributed by atoms with Gasteiger partial charge in [0.2, 0.25) is 5.60 Å². The Bertz CT molecular complexity index is 993. The summed E-state index contributed by atoms with van der Waals surface area (Å²) in [6.07, 6.45) is 0.478. The van der Waals surface area contributed by atoms with Gasteiger partial charge >= 0.3 is 12.3 Å². The van der Waals surface area contributed by atoms with E-state index in [0.717, 1.165) is 17.7 Å². The normalized spacial score (nSPS) is 17.0. The zero-order chi connectivity index (χ0) is 24.6. The highest BCUT2D eigenvalue weighted by Gasteiger charge is 2.45. The van der Waals surface area contributed by atoms with Crippen LogP contribution in [0.3, 0.4) is 0 Å². The minimum atomic E-state index is -4.72. The number of alkyl halides is 3. The molecule has 0 fully saturated rings. The third-order valence-corrected chi connectivity index (χ3v) is 5.00. The molecule has 0 aliphatic carbocycles. The van der Waals surface area contributed by atoms with Gasteiger partial charge in [0.25, 0.3) is 0 Å². The summed E-state index contributed by atoms with van der Waals surface area (Å²) in [7, 11) is 0. The second kappa shape index (κ2) is 11.2. The highest BCUT2D eigenvalue weighted by molar-refractivity contribution is 6.32. The molecule has 0 spiro atoms. The SMILES string of the molecule is CC=CCCOc1ccc(OC(F)(F)F)cc1Cl.CC[C@@]1(C(=O)O)Cc2cc(O)ccc2O1. The van der Waals surface area contributed by atoms with Gasteiger partial charge in [-0.05, 0) is 50.1 Å². The molecule has 33 heavy (non-hydrogen) atoms. The van der Waals surface area contributed by atoms with E-state index in [1.54, 1.807) is 19.1 Å². The molecule has 6 nitrogen and oxygen atoms in total. The van der Waals surface area contributed by atoms with Crippen LogP contribution < -0.4 is 14.2 Å². The Morgan fingerprint density at radius 2 is 2.00 bits per heavy atom. The molecule has 10 heteroatoms. The Hall–Kier alpha value is -3.07. The summed E-state index contributed by atoms with van der Waals surface area (Å²) in [4.78, 5) is 11.1. The number of carboxylic acids is 1. The van der Waals surface area contributed by atoms with E-state index in [9.17, 15) is 23.1 Å². The fraction of sp³-hybridized carbons (Fsp3) is 0.348. The Balaban J connectivity index is 0.000000237. The molecule has 1 aliphatic rings. The molecule has 1 aliphatic heterocycles. The zero-order valence-electron chi connectivity index (χ0n) is 18.0. The molecular weight excluding hydrogens is 465 g/mol. The number of ether oxygens (including phenoxy) is 3. The molecule has 2 aromatic rings. The van der Waals surface area contributed by atoms with E-state index >= 15 is 0 Å². The number of allylic oxidation sites excluding steroid dienone is 1. The van der Waals surface area contributed by atoms with Crippen molar-refractivity contribution in [3.63, 3.8) is 0 Å². The summed E-state index contributed by atoms with van der Waals surface area (Å²) < 4.78 is 50.4. The predicted octanol–water partition coefficient (Wildman–Crippen LogP) is 6.14. The molecule has 0 radical (unpaired) electrons. The van der Waals surface area contributed by atoms with Gasteiger partial charge in [-0.2, -0.15) is 0 Å². The van der Waals surface area contributed by atoms with Crippen molar-refractivity contribution in [2.45, 2.75) is 45.1 Å². The summed E-state index contributed by atoms with van der Waals surface area (Å²) in [6, 6.07) is 8.22. The number of hydrogen-bond acceptors (Lipinski definition) is 5. The molecule has 0 saturated carbocycles. The van der Waals surface area contributed by atoms with Gasteiger partial charge in [0.15, 0.2) is 0 Å². The molecule has 2 N–H and O–H groups in total. The van der Waals surface area contributed by atoms with Crippen LogP contribution in [0.4, 0.5) is 13.2 Å². The number of phenols is 1. The molecule has 1 atom stereocenters. The van der Waals surface area contributed by atoms with Crippen molar-refractivity contribution in [1.29, 1.82) is 0 Å². The third kappa shape index (κ3) is 7.49. The van der Waals surface area contributed by atoms with Crippen LogP contribution in [-0.2, 0) is 11.2 Å². The van der Waals surface area contributed by atoms with E-state index in [0.29, 0.717) is 37.4 Å². The van der Waals surface area contributed by atoms with Crippen LogP contribution in [0.25, 0.3) is 0 Å². The fourth-order valence-corrected chi connectivity index (χ4v) is 3.25. The first-order valence-corrected chi connectivity index (χ1v) is 10.4. The monoisotopic (exact) mass is 488 g/mol. The molecule has 0 aromatic heterocycles. The highest BCUT2D eigenvalue weighted by atomic mass is 35.5. The first-order chi connectivity index (χ1) is 15.5. The average molecular weight is 489 g/mol. The first-order valence-electron chi connectivity index (χ1n) is 10.0. The van der Waals surface area contributed by atoms with Gasteiger partial charge in [-0.3, -0.25) is 0 Å². The van der Waals surface area contributed by atoms with Gasteiger partial charge in [0.1, 0.15) is 23.0 Å². The Morgan fingerprint density at radius 3 is 2.58 bits per heavy atom. The summed E-state index contributed by atoms with van der Waals surface area (Å²) in [5.41, 5.74) is -0.407. The van der Waals surface area contributed by atoms with E-state index in [1.807, 2.05) is 19.1 Å². The molecular formula is C23H24ClF3O6. The second-order valence-corrected chi connectivity index (χ2v) is 7.48. The molecule has 0 saturated heterocycles. The van der Waals surface area contributed by atoms with Gasteiger partial charge in [0.05, 0.1) is 11.6 Å².